The van der Waals surface area contributed by atoms with Crippen LogP contribution in [0.1, 0.15) is 0 Å². The van der Waals surface area contributed by atoms with Gasteiger partial charge in [0.05, 0.1) is 12.8 Å². The lowest BCUT2D eigenvalue weighted by molar-refractivity contribution is 0.415. The van der Waals surface area contributed by atoms with Crippen molar-refractivity contribution >= 4 is 33.0 Å². The Bertz CT molecular complexity index is 599. The topological polar surface area (TPSA) is 15.7 Å². The fourth-order valence-electron chi connectivity index (χ4n) is 1.99. The van der Waals surface area contributed by atoms with Crippen molar-refractivity contribution in [2.24, 2.45) is 0 Å². The highest BCUT2D eigenvalue weighted by Crippen LogP contribution is 2.34. The Kier molecular flexibility index (Phi) is 4.55. The molecule has 2 aromatic carbocycles. The Morgan fingerprint density at radius 2 is 1.70 bits per heavy atom. The Labute approximate surface area is 128 Å². The molecular weight excluding hydrogens is 316 g/mol. The molecule has 0 aliphatic heterocycles. The SMILES string of the molecule is COc1cccc(N(C)c2cc(N(C)C)ccc2Br)c1. The monoisotopic (exact) mass is 334 g/mol. The number of rotatable bonds is 4. The Morgan fingerprint density at radius 1 is 0.950 bits per heavy atom. The molecule has 0 unspecified atom stereocenters. The van der Waals surface area contributed by atoms with Crippen molar-refractivity contribution in [1.82, 2.24) is 0 Å². The van der Waals surface area contributed by atoms with E-state index < -0.39 is 0 Å². The summed E-state index contributed by atoms with van der Waals surface area (Å²) >= 11 is 3.62. The molecule has 0 N–H and O–H groups in total. The smallest absolute Gasteiger partial charge is 0.120 e. The predicted octanol–water partition coefficient (Wildman–Crippen LogP) is 4.29. The highest BCUT2D eigenvalue weighted by atomic mass is 79.9. The second kappa shape index (κ2) is 6.18. The first-order chi connectivity index (χ1) is 9.52. The molecule has 0 saturated carbocycles. The van der Waals surface area contributed by atoms with E-state index in [0.29, 0.717) is 0 Å². The van der Waals surface area contributed by atoms with E-state index in [-0.39, 0.29) is 0 Å². The van der Waals surface area contributed by atoms with Crippen LogP contribution < -0.4 is 14.5 Å². The van der Waals surface area contributed by atoms with Crippen LogP contribution >= 0.6 is 15.9 Å². The molecule has 0 radical (unpaired) electrons. The average molecular weight is 335 g/mol. The molecule has 0 heterocycles. The van der Waals surface area contributed by atoms with Crippen molar-refractivity contribution < 1.29 is 4.74 Å². The first kappa shape index (κ1) is 14.7. The van der Waals surface area contributed by atoms with Gasteiger partial charge in [0.15, 0.2) is 0 Å². The largest absolute Gasteiger partial charge is 0.497 e. The molecule has 4 heteroatoms. The maximum Gasteiger partial charge on any atom is 0.120 e. The normalized spacial score (nSPS) is 10.2. The van der Waals surface area contributed by atoms with Crippen LogP contribution in [-0.2, 0) is 0 Å². The minimum Gasteiger partial charge on any atom is -0.497 e. The van der Waals surface area contributed by atoms with E-state index in [1.165, 1.54) is 0 Å². The maximum atomic E-state index is 5.29. The molecule has 0 aliphatic carbocycles. The van der Waals surface area contributed by atoms with Gasteiger partial charge in [-0.3, -0.25) is 0 Å². The van der Waals surface area contributed by atoms with Crippen LogP contribution in [0, 0.1) is 0 Å². The standard InChI is InChI=1S/C16H19BrN2O/c1-18(2)12-8-9-15(17)16(11-12)19(3)13-6-5-7-14(10-13)20-4/h5-11H,1-4H3. The molecule has 2 rings (SSSR count). The second-order valence-corrected chi connectivity index (χ2v) is 5.64. The van der Waals surface area contributed by atoms with Crippen LogP contribution in [0.2, 0.25) is 0 Å². The zero-order valence-corrected chi connectivity index (χ0v) is 13.8. The van der Waals surface area contributed by atoms with Gasteiger partial charge in [-0.2, -0.15) is 0 Å². The summed E-state index contributed by atoms with van der Waals surface area (Å²) in [5, 5.41) is 0. The lowest BCUT2D eigenvalue weighted by Crippen LogP contribution is -2.13. The fraction of sp³-hybridized carbons (Fsp3) is 0.250. The summed E-state index contributed by atoms with van der Waals surface area (Å²) in [6.45, 7) is 0. The summed E-state index contributed by atoms with van der Waals surface area (Å²) in [5.74, 6) is 0.856. The summed E-state index contributed by atoms with van der Waals surface area (Å²) in [6.07, 6.45) is 0. The van der Waals surface area contributed by atoms with Crippen LogP contribution in [0.4, 0.5) is 17.1 Å². The average Bonchev–Trinajstić information content (AvgIpc) is 2.46. The fourth-order valence-corrected chi connectivity index (χ4v) is 2.51. The van der Waals surface area contributed by atoms with Crippen LogP contribution in [0.25, 0.3) is 0 Å². The van der Waals surface area contributed by atoms with Gasteiger partial charge in [0.1, 0.15) is 5.75 Å². The molecule has 0 spiro atoms. The summed E-state index contributed by atoms with van der Waals surface area (Å²) in [5.41, 5.74) is 3.36. The highest BCUT2D eigenvalue weighted by Gasteiger charge is 2.10. The van der Waals surface area contributed by atoms with E-state index >= 15 is 0 Å². The van der Waals surface area contributed by atoms with Gasteiger partial charge in [0.25, 0.3) is 0 Å². The summed E-state index contributed by atoms with van der Waals surface area (Å²) in [7, 11) is 7.81. The van der Waals surface area contributed by atoms with Crippen molar-refractivity contribution in [3.8, 4) is 5.75 Å². The number of hydrogen-bond donors (Lipinski definition) is 0. The van der Waals surface area contributed by atoms with Crippen molar-refractivity contribution in [1.29, 1.82) is 0 Å². The van der Waals surface area contributed by atoms with Crippen molar-refractivity contribution in [3.63, 3.8) is 0 Å². The minimum absolute atomic E-state index is 0.856. The van der Waals surface area contributed by atoms with Crippen LogP contribution in [0.3, 0.4) is 0 Å². The van der Waals surface area contributed by atoms with Crippen LogP contribution in [0.5, 0.6) is 5.75 Å². The lowest BCUT2D eigenvalue weighted by Gasteiger charge is -2.23. The van der Waals surface area contributed by atoms with Gasteiger partial charge >= 0.3 is 0 Å². The maximum absolute atomic E-state index is 5.29. The molecule has 0 fully saturated rings. The number of nitrogens with zero attached hydrogens (tertiary/aromatic N) is 2. The van der Waals surface area contributed by atoms with Gasteiger partial charge in [-0.1, -0.05) is 6.07 Å². The Morgan fingerprint density at radius 3 is 2.35 bits per heavy atom. The van der Waals surface area contributed by atoms with E-state index in [1.807, 2.05) is 39.3 Å². The van der Waals surface area contributed by atoms with E-state index in [1.54, 1.807) is 7.11 Å². The first-order valence-corrected chi connectivity index (χ1v) is 7.17. The number of hydrogen-bond acceptors (Lipinski definition) is 3. The number of ether oxygens (including phenoxy) is 1. The Balaban J connectivity index is 2.41. The summed E-state index contributed by atoms with van der Waals surface area (Å²) in [6, 6.07) is 14.3. The third-order valence-corrected chi connectivity index (χ3v) is 3.92. The van der Waals surface area contributed by atoms with Crippen molar-refractivity contribution in [2.45, 2.75) is 0 Å². The lowest BCUT2D eigenvalue weighted by atomic mass is 10.2. The number of methoxy groups -OCH3 is 1. The van der Waals surface area contributed by atoms with Crippen LogP contribution in [0.15, 0.2) is 46.9 Å². The van der Waals surface area contributed by atoms with Gasteiger partial charge < -0.3 is 14.5 Å². The van der Waals surface area contributed by atoms with Crippen LogP contribution in [-0.4, -0.2) is 28.3 Å². The minimum atomic E-state index is 0.856. The second-order valence-electron chi connectivity index (χ2n) is 4.79. The van der Waals surface area contributed by atoms with E-state index in [2.05, 4.69) is 50.0 Å². The van der Waals surface area contributed by atoms with Gasteiger partial charge in [0, 0.05) is 43.1 Å². The molecule has 0 atom stereocenters. The summed E-state index contributed by atoms with van der Waals surface area (Å²) < 4.78 is 6.35. The van der Waals surface area contributed by atoms with Gasteiger partial charge in [0.2, 0.25) is 0 Å². The zero-order chi connectivity index (χ0) is 14.7. The van der Waals surface area contributed by atoms with Crippen molar-refractivity contribution in [3.05, 3.63) is 46.9 Å². The van der Waals surface area contributed by atoms with Crippen molar-refractivity contribution in [2.75, 3.05) is 38.1 Å². The highest BCUT2D eigenvalue weighted by molar-refractivity contribution is 9.10. The quantitative estimate of drug-likeness (QED) is 0.829. The molecular formula is C16H19BrN2O. The molecule has 20 heavy (non-hydrogen) atoms. The van der Waals surface area contributed by atoms with E-state index in [4.69, 9.17) is 4.74 Å². The van der Waals surface area contributed by atoms with Gasteiger partial charge in [-0.25, -0.2) is 0 Å². The number of halogens is 1. The molecule has 3 nitrogen and oxygen atoms in total. The third kappa shape index (κ3) is 3.07. The zero-order valence-electron chi connectivity index (χ0n) is 12.2. The number of anilines is 3. The Hall–Kier alpha value is -1.68. The van der Waals surface area contributed by atoms with E-state index in [9.17, 15) is 0 Å². The summed E-state index contributed by atoms with van der Waals surface area (Å²) in [4.78, 5) is 4.23. The molecule has 2 aromatic rings. The first-order valence-electron chi connectivity index (χ1n) is 6.37. The predicted molar refractivity (Wildman–Crippen MR) is 89.5 cm³/mol. The molecule has 0 bridgehead atoms. The molecule has 0 amide bonds. The molecule has 0 aromatic heterocycles. The van der Waals surface area contributed by atoms with Gasteiger partial charge in [-0.15, -0.1) is 0 Å². The third-order valence-electron chi connectivity index (χ3n) is 3.25. The molecule has 0 aliphatic rings. The van der Waals surface area contributed by atoms with E-state index in [0.717, 1.165) is 27.3 Å². The number of benzene rings is 2. The molecule has 106 valence electrons. The van der Waals surface area contributed by atoms with Gasteiger partial charge in [-0.05, 0) is 46.3 Å². The molecule has 0 saturated heterocycles.